The molecule has 0 bridgehead atoms. The van der Waals surface area contributed by atoms with Crippen molar-refractivity contribution in [2.75, 3.05) is 30.3 Å². The van der Waals surface area contributed by atoms with Gasteiger partial charge in [0.05, 0.1) is 12.9 Å². The van der Waals surface area contributed by atoms with Crippen LogP contribution >= 0.6 is 0 Å². The zero-order valence-corrected chi connectivity index (χ0v) is 11.7. The van der Waals surface area contributed by atoms with Gasteiger partial charge in [0.2, 0.25) is 11.9 Å². The summed E-state index contributed by atoms with van der Waals surface area (Å²) in [5.74, 6) is 0.990. The zero-order valence-electron chi connectivity index (χ0n) is 11.7. The van der Waals surface area contributed by atoms with Crippen LogP contribution in [0.2, 0.25) is 0 Å². The number of anilines is 2. The fraction of sp³-hybridized carbons (Fsp3) is 0.500. The van der Waals surface area contributed by atoms with E-state index >= 15 is 0 Å². The predicted octanol–water partition coefficient (Wildman–Crippen LogP) is 0.723. The van der Waals surface area contributed by atoms with Crippen molar-refractivity contribution in [2.45, 2.75) is 20.3 Å². The number of aromatic amines is 1. The molecule has 0 unspecified atom stereocenters. The summed E-state index contributed by atoms with van der Waals surface area (Å²) in [4.78, 5) is 27.2. The fourth-order valence-corrected chi connectivity index (χ4v) is 1.70. The second-order valence-electron chi connectivity index (χ2n) is 4.23. The number of imidazole rings is 1. The van der Waals surface area contributed by atoms with Crippen molar-refractivity contribution in [3.8, 4) is 0 Å². The molecule has 8 nitrogen and oxygen atoms in total. The molecule has 20 heavy (non-hydrogen) atoms. The maximum atomic E-state index is 11.5. The van der Waals surface area contributed by atoms with Crippen molar-refractivity contribution < 1.29 is 4.79 Å². The lowest BCUT2D eigenvalue weighted by Gasteiger charge is -2.09. The molecule has 0 fully saturated rings. The largest absolute Gasteiger partial charge is 0.359 e. The van der Waals surface area contributed by atoms with Gasteiger partial charge in [-0.1, -0.05) is 6.92 Å². The van der Waals surface area contributed by atoms with E-state index in [-0.39, 0.29) is 12.5 Å². The number of hydrogen-bond acceptors (Lipinski definition) is 6. The van der Waals surface area contributed by atoms with E-state index in [4.69, 9.17) is 0 Å². The summed E-state index contributed by atoms with van der Waals surface area (Å²) in [6.07, 6.45) is 2.53. The molecule has 0 aliphatic heterocycles. The van der Waals surface area contributed by atoms with Crippen LogP contribution in [0.3, 0.4) is 0 Å². The SMILES string of the molecule is CCCNc1nc(NCC(=O)NCC)c2[nH]cnc2n1. The summed E-state index contributed by atoms with van der Waals surface area (Å²) >= 11 is 0. The summed E-state index contributed by atoms with van der Waals surface area (Å²) in [6, 6.07) is 0. The van der Waals surface area contributed by atoms with Crippen LogP contribution < -0.4 is 16.0 Å². The molecule has 1 amide bonds. The van der Waals surface area contributed by atoms with Gasteiger partial charge >= 0.3 is 0 Å². The molecular formula is C12H19N7O. The molecule has 0 atom stereocenters. The van der Waals surface area contributed by atoms with Gasteiger partial charge in [-0.15, -0.1) is 0 Å². The lowest BCUT2D eigenvalue weighted by atomic mass is 10.4. The van der Waals surface area contributed by atoms with Crippen LogP contribution in [0.15, 0.2) is 6.33 Å². The van der Waals surface area contributed by atoms with Crippen LogP contribution in [0.1, 0.15) is 20.3 Å². The molecular weight excluding hydrogens is 258 g/mol. The van der Waals surface area contributed by atoms with Crippen molar-refractivity contribution in [1.29, 1.82) is 0 Å². The quantitative estimate of drug-likeness (QED) is 0.594. The molecule has 0 saturated carbocycles. The maximum Gasteiger partial charge on any atom is 0.239 e. The summed E-state index contributed by atoms with van der Waals surface area (Å²) in [7, 11) is 0. The molecule has 0 spiro atoms. The fourth-order valence-electron chi connectivity index (χ4n) is 1.70. The minimum atomic E-state index is -0.0816. The van der Waals surface area contributed by atoms with E-state index in [9.17, 15) is 4.79 Å². The summed E-state index contributed by atoms with van der Waals surface area (Å²) in [5.41, 5.74) is 1.26. The van der Waals surface area contributed by atoms with Crippen LogP contribution in [0.25, 0.3) is 11.2 Å². The monoisotopic (exact) mass is 277 g/mol. The third-order valence-corrected chi connectivity index (χ3v) is 2.61. The number of likely N-dealkylation sites (N-methyl/N-ethyl adjacent to an activating group) is 1. The van der Waals surface area contributed by atoms with Gasteiger partial charge in [-0.25, -0.2) is 4.98 Å². The smallest absolute Gasteiger partial charge is 0.239 e. The minimum absolute atomic E-state index is 0.0816. The van der Waals surface area contributed by atoms with Gasteiger partial charge in [0, 0.05) is 13.1 Å². The Morgan fingerprint density at radius 2 is 2.15 bits per heavy atom. The number of amides is 1. The topological polar surface area (TPSA) is 108 Å². The zero-order chi connectivity index (χ0) is 14.4. The van der Waals surface area contributed by atoms with Crippen LogP contribution in [-0.2, 0) is 4.79 Å². The van der Waals surface area contributed by atoms with E-state index < -0.39 is 0 Å². The molecule has 2 rings (SSSR count). The van der Waals surface area contributed by atoms with Crippen molar-refractivity contribution in [1.82, 2.24) is 25.3 Å². The second kappa shape index (κ2) is 6.69. The first-order chi connectivity index (χ1) is 9.74. The number of H-pyrrole nitrogens is 1. The first kappa shape index (κ1) is 14.0. The molecule has 2 aromatic heterocycles. The standard InChI is InChI=1S/C12H19N7O/c1-3-5-14-12-18-10(15-6-8(20)13-4-2)9-11(19-12)17-7-16-9/h7H,3-6H2,1-2H3,(H,13,20)(H3,14,15,16,17,18,19). The van der Waals surface area contributed by atoms with E-state index in [1.807, 2.05) is 6.92 Å². The molecule has 108 valence electrons. The van der Waals surface area contributed by atoms with Crippen molar-refractivity contribution in [2.24, 2.45) is 0 Å². The molecule has 8 heteroatoms. The molecule has 0 radical (unpaired) electrons. The highest BCUT2D eigenvalue weighted by Crippen LogP contribution is 2.18. The van der Waals surface area contributed by atoms with Crippen molar-refractivity contribution in [3.63, 3.8) is 0 Å². The van der Waals surface area contributed by atoms with Crippen LogP contribution in [0.4, 0.5) is 11.8 Å². The van der Waals surface area contributed by atoms with Gasteiger partial charge in [-0.05, 0) is 13.3 Å². The Hall–Kier alpha value is -2.38. The summed E-state index contributed by atoms with van der Waals surface area (Å²) in [6.45, 7) is 5.49. The third-order valence-electron chi connectivity index (χ3n) is 2.61. The first-order valence-corrected chi connectivity index (χ1v) is 6.70. The van der Waals surface area contributed by atoms with Crippen LogP contribution in [0, 0.1) is 0 Å². The Morgan fingerprint density at radius 1 is 1.30 bits per heavy atom. The Bertz CT molecular complexity index is 580. The van der Waals surface area contributed by atoms with Gasteiger partial charge < -0.3 is 20.9 Å². The molecule has 2 aromatic rings. The minimum Gasteiger partial charge on any atom is -0.359 e. The van der Waals surface area contributed by atoms with Crippen LogP contribution in [-0.4, -0.2) is 45.5 Å². The lowest BCUT2D eigenvalue weighted by molar-refractivity contribution is -0.119. The number of aromatic nitrogens is 4. The average molecular weight is 277 g/mol. The predicted molar refractivity (Wildman–Crippen MR) is 77.6 cm³/mol. The Kier molecular flexibility index (Phi) is 4.70. The highest BCUT2D eigenvalue weighted by molar-refractivity contribution is 5.87. The second-order valence-corrected chi connectivity index (χ2v) is 4.23. The number of fused-ring (bicyclic) bond motifs is 1. The van der Waals surface area contributed by atoms with Gasteiger partial charge in [0.25, 0.3) is 0 Å². The number of nitrogens with zero attached hydrogens (tertiary/aromatic N) is 3. The highest BCUT2D eigenvalue weighted by Gasteiger charge is 2.10. The van der Waals surface area contributed by atoms with E-state index in [1.165, 1.54) is 0 Å². The first-order valence-electron chi connectivity index (χ1n) is 6.70. The van der Waals surface area contributed by atoms with E-state index in [0.29, 0.717) is 29.5 Å². The molecule has 4 N–H and O–H groups in total. The summed E-state index contributed by atoms with van der Waals surface area (Å²) in [5, 5.41) is 8.83. The molecule has 0 aromatic carbocycles. The van der Waals surface area contributed by atoms with Gasteiger partial charge in [0.15, 0.2) is 11.5 Å². The van der Waals surface area contributed by atoms with Crippen molar-refractivity contribution in [3.05, 3.63) is 6.33 Å². The number of carbonyl (C=O) groups is 1. The van der Waals surface area contributed by atoms with Gasteiger partial charge in [-0.3, -0.25) is 4.79 Å². The summed E-state index contributed by atoms with van der Waals surface area (Å²) < 4.78 is 0. The van der Waals surface area contributed by atoms with Gasteiger partial charge in [-0.2, -0.15) is 9.97 Å². The van der Waals surface area contributed by atoms with Crippen LogP contribution in [0.5, 0.6) is 0 Å². The van der Waals surface area contributed by atoms with Crippen molar-refractivity contribution >= 4 is 28.8 Å². The van der Waals surface area contributed by atoms with Gasteiger partial charge in [0.1, 0.15) is 5.52 Å². The number of hydrogen-bond donors (Lipinski definition) is 4. The lowest BCUT2D eigenvalue weighted by Crippen LogP contribution is -2.29. The molecule has 2 heterocycles. The number of rotatable bonds is 7. The Morgan fingerprint density at radius 3 is 2.90 bits per heavy atom. The number of carbonyl (C=O) groups excluding carboxylic acids is 1. The molecule has 0 aliphatic carbocycles. The maximum absolute atomic E-state index is 11.5. The Labute approximate surface area is 116 Å². The Balaban J connectivity index is 2.16. The average Bonchev–Trinajstić information content (AvgIpc) is 2.91. The normalized spacial score (nSPS) is 10.5. The van der Waals surface area contributed by atoms with E-state index in [0.717, 1.165) is 13.0 Å². The third kappa shape index (κ3) is 3.34. The highest BCUT2D eigenvalue weighted by atomic mass is 16.1. The molecule has 0 saturated heterocycles. The van der Waals surface area contributed by atoms with E-state index in [2.05, 4.69) is 42.8 Å². The molecule has 0 aliphatic rings. The number of nitrogens with one attached hydrogen (secondary N) is 4. The van der Waals surface area contributed by atoms with E-state index in [1.54, 1.807) is 6.33 Å².